The quantitative estimate of drug-likeness (QED) is 0.0251. The molecule has 0 saturated heterocycles. The molecule has 35 nitrogen and oxygen atoms in total. The van der Waals surface area contributed by atoms with E-state index in [0.29, 0.717) is 28.5 Å². The van der Waals surface area contributed by atoms with Gasteiger partial charge in [0, 0.05) is 36.4 Å². The van der Waals surface area contributed by atoms with Gasteiger partial charge in [-0.05, 0) is 100 Å². The second-order valence-corrected chi connectivity index (χ2v) is 24.9. The minimum absolute atomic E-state index is 0.0149. The molecule has 12 amide bonds. The normalized spacial score (nSPS) is 15.2. The molecular weight excluding hydrogens is 1300 g/mol. The number of carbonyl (C=O) groups is 14. The van der Waals surface area contributed by atoms with Gasteiger partial charge in [0.25, 0.3) is 0 Å². The number of carboxylic acids is 2. The van der Waals surface area contributed by atoms with Crippen LogP contribution in [0.2, 0.25) is 0 Å². The molecule has 0 fully saturated rings. The predicted octanol–water partition coefficient (Wildman–Crippen LogP) is -5.56. The van der Waals surface area contributed by atoms with E-state index in [9.17, 15) is 82.4 Å². The molecule has 13 atom stereocenters. The Balaban J connectivity index is 1.89. The van der Waals surface area contributed by atoms with Gasteiger partial charge in [-0.1, -0.05) is 96.5 Å². The maximum absolute atomic E-state index is 14.5. The molecule has 35 heteroatoms. The number of hydrogen-bond acceptors (Lipinski definition) is 20. The maximum atomic E-state index is 14.5. The summed E-state index contributed by atoms with van der Waals surface area (Å²) < 4.78 is 0. The van der Waals surface area contributed by atoms with E-state index in [1.54, 1.807) is 102 Å². The average molecular weight is 1410 g/mol. The van der Waals surface area contributed by atoms with Crippen LogP contribution in [0.3, 0.4) is 0 Å². The van der Waals surface area contributed by atoms with Crippen LogP contribution in [0, 0.1) is 17.8 Å². The number of carboxylic acid groups (broad SMARTS) is 2. The van der Waals surface area contributed by atoms with Crippen molar-refractivity contribution in [3.8, 4) is 0 Å². The Hall–Kier alpha value is -9.68. The number of amides is 12. The first-order valence-electron chi connectivity index (χ1n) is 33.2. The zero-order chi connectivity index (χ0) is 74.9. The van der Waals surface area contributed by atoms with Crippen LogP contribution in [0.4, 0.5) is 0 Å². The number of nitrogens with one attached hydrogen (secondary N) is 13. The first-order chi connectivity index (χ1) is 47.3. The van der Waals surface area contributed by atoms with Gasteiger partial charge >= 0.3 is 11.9 Å². The van der Waals surface area contributed by atoms with Gasteiger partial charge in [-0.2, -0.15) is 0 Å². The molecule has 100 heavy (non-hydrogen) atoms. The molecule has 0 radical (unpaired) electrons. The number of aliphatic hydroxyl groups is 1. The number of hydrogen-bond donors (Lipinski definition) is 21. The lowest BCUT2D eigenvalue weighted by Gasteiger charge is -2.30. The van der Waals surface area contributed by atoms with Crippen LogP contribution >= 0.6 is 0 Å². The molecule has 0 saturated carbocycles. The third kappa shape index (κ3) is 27.6. The molecule has 0 unspecified atom stereocenters. The van der Waals surface area contributed by atoms with Crippen molar-refractivity contribution >= 4 is 93.7 Å². The van der Waals surface area contributed by atoms with Gasteiger partial charge in [-0.25, -0.2) is 0 Å². The number of fused-ring (bicyclic) bond motifs is 1. The van der Waals surface area contributed by atoms with E-state index in [1.807, 2.05) is 0 Å². The first kappa shape index (κ1) is 84.5. The number of benzene rings is 2. The van der Waals surface area contributed by atoms with E-state index in [2.05, 4.69) is 68.8 Å². The fourth-order valence-corrected chi connectivity index (χ4v) is 10.1. The van der Waals surface area contributed by atoms with E-state index < -0.39 is 193 Å². The number of rotatable bonds is 45. The zero-order valence-electron chi connectivity index (χ0n) is 57.5. The van der Waals surface area contributed by atoms with Crippen LogP contribution in [0.15, 0.2) is 60.8 Å². The zero-order valence-corrected chi connectivity index (χ0v) is 57.5. The molecule has 0 aliphatic carbocycles. The van der Waals surface area contributed by atoms with Gasteiger partial charge in [0.05, 0.1) is 19.2 Å². The van der Waals surface area contributed by atoms with Crippen LogP contribution in [0.1, 0.15) is 105 Å². The maximum Gasteiger partial charge on any atom is 0.325 e. The fraction of sp³-hybridized carbons (Fsp3) is 0.569. The van der Waals surface area contributed by atoms with Gasteiger partial charge in [0.15, 0.2) is 0 Å². The van der Waals surface area contributed by atoms with Crippen LogP contribution in [-0.4, -0.2) is 215 Å². The highest BCUT2D eigenvalue weighted by molar-refractivity contribution is 6.00. The highest BCUT2D eigenvalue weighted by Gasteiger charge is 2.38. The SMILES string of the molecule is CC[C@H](C)[C@@H](NC(=O)[C@@H](NC(=O)[C@H](CCC(=O)O)NC(=O)[C@H](Cc1ccccc1)NC(=O)[C@@H](CCN)NC(=O)[C@H](CCN)NC(=O)[C@H](CCN)NC(=O)[C@@H](Cc1c[nH]c2ccccc12)NC(=O)[C@@H](CO)NC(=O)CNC(=O)[C@@H](CCN)NC(=O)[C@H](N)C(C)C)C(C)C)C(=O)N[C@@H](C)C(=O)O. The largest absolute Gasteiger partial charge is 0.481 e. The summed E-state index contributed by atoms with van der Waals surface area (Å²) >= 11 is 0. The molecule has 0 bridgehead atoms. The lowest BCUT2D eigenvalue weighted by molar-refractivity contribution is -0.142. The number of nitrogens with two attached hydrogens (primary N) is 5. The molecule has 3 rings (SSSR count). The van der Waals surface area contributed by atoms with E-state index in [4.69, 9.17) is 28.7 Å². The number of aliphatic carboxylic acids is 2. The van der Waals surface area contributed by atoms with Gasteiger partial charge < -0.3 is 113 Å². The Labute approximate surface area is 579 Å². The average Bonchev–Trinajstić information content (AvgIpc) is 1.29. The molecule has 1 heterocycles. The van der Waals surface area contributed by atoms with Crippen molar-refractivity contribution in [1.82, 2.24) is 68.8 Å². The first-order valence-corrected chi connectivity index (χ1v) is 33.2. The Morgan fingerprint density at radius 1 is 0.450 bits per heavy atom. The van der Waals surface area contributed by atoms with Gasteiger partial charge in [0.2, 0.25) is 70.9 Å². The van der Waals surface area contributed by atoms with Crippen molar-refractivity contribution in [2.24, 2.45) is 46.4 Å². The highest BCUT2D eigenvalue weighted by Crippen LogP contribution is 2.20. The number of aliphatic hydroxyl groups excluding tert-OH is 1. The van der Waals surface area contributed by atoms with Crippen molar-refractivity contribution < 1.29 is 82.4 Å². The van der Waals surface area contributed by atoms with Crippen molar-refractivity contribution in [3.05, 3.63) is 71.9 Å². The van der Waals surface area contributed by atoms with Crippen molar-refractivity contribution in [2.75, 3.05) is 39.3 Å². The van der Waals surface area contributed by atoms with E-state index >= 15 is 0 Å². The Morgan fingerprint density at radius 3 is 1.34 bits per heavy atom. The van der Waals surface area contributed by atoms with Crippen LogP contribution in [0.5, 0.6) is 0 Å². The molecule has 26 N–H and O–H groups in total. The topological polar surface area (TPSA) is 590 Å². The number of aromatic amines is 1. The monoisotopic (exact) mass is 1410 g/mol. The highest BCUT2D eigenvalue weighted by atomic mass is 16.4. The van der Waals surface area contributed by atoms with Gasteiger partial charge in [0.1, 0.15) is 66.5 Å². The van der Waals surface area contributed by atoms with E-state index in [0.717, 1.165) is 0 Å². The van der Waals surface area contributed by atoms with Crippen LogP contribution < -0.4 is 92.5 Å². The summed E-state index contributed by atoms with van der Waals surface area (Å²) in [6.45, 7) is 8.74. The standard InChI is InChI=1S/C65H102N18O17/c1-8-35(6)53(64(98)73-36(7)65(99)100)83-63(97)52(34(4)5)82-58(92)41(18-19-50(86)87)75-59(93)46(28-37-14-10-9-11-15-37)80-57(91)45(23-27-69)77-55(89)43(21-25-67)76-56(90)44(22-26-68)78-60(94)47(29-38-30-71-40-17-13-12-16-39(38)40)81-61(95)48(32-84)74-49(85)31-72-54(88)42(20-24-66)79-62(96)51(70)33(2)3/h9-17,30,33-36,41-48,51-53,71,84H,8,18-29,31-32,66-70H2,1-7H3,(H,72,88)(H,73,98)(H,74,85)(H,75,93)(H,76,90)(H,77,89)(H,78,94)(H,79,96)(H,80,91)(H,81,95)(H,82,92)(H,83,97)(H,86,87)(H,99,100)/t35-,36-,41-,42+,43-,44-,45+,46-,47+,48+,51+,52-,53+/m0/s1. The van der Waals surface area contributed by atoms with Gasteiger partial charge in [-0.15, -0.1) is 0 Å². The minimum atomic E-state index is -1.71. The Bertz CT molecular complexity index is 3260. The van der Waals surface area contributed by atoms with E-state index in [-0.39, 0.29) is 70.6 Å². The third-order valence-electron chi connectivity index (χ3n) is 16.3. The summed E-state index contributed by atoms with van der Waals surface area (Å²) in [7, 11) is 0. The summed E-state index contributed by atoms with van der Waals surface area (Å²) in [4.78, 5) is 193. The third-order valence-corrected chi connectivity index (χ3v) is 16.3. The van der Waals surface area contributed by atoms with Crippen molar-refractivity contribution in [1.29, 1.82) is 0 Å². The lowest BCUT2D eigenvalue weighted by Crippen LogP contribution is -2.62. The molecule has 1 aromatic heterocycles. The molecule has 0 aliphatic rings. The summed E-state index contributed by atoms with van der Waals surface area (Å²) in [6, 6.07) is -1.93. The van der Waals surface area contributed by atoms with E-state index in [1.165, 1.54) is 6.92 Å². The fourth-order valence-electron chi connectivity index (χ4n) is 10.1. The molecule has 3 aromatic rings. The number of aromatic nitrogens is 1. The van der Waals surface area contributed by atoms with Crippen LogP contribution in [-0.2, 0) is 80.0 Å². The van der Waals surface area contributed by atoms with Crippen molar-refractivity contribution in [3.63, 3.8) is 0 Å². The number of H-pyrrole nitrogens is 1. The second-order valence-electron chi connectivity index (χ2n) is 24.9. The second kappa shape index (κ2) is 43.0. The summed E-state index contributed by atoms with van der Waals surface area (Å²) in [5, 5.41) is 60.0. The summed E-state index contributed by atoms with van der Waals surface area (Å²) in [6.07, 6.45) is -0.519. The van der Waals surface area contributed by atoms with Gasteiger partial charge in [-0.3, -0.25) is 67.1 Å². The number of para-hydroxylation sites is 1. The van der Waals surface area contributed by atoms with Crippen molar-refractivity contribution in [2.45, 2.75) is 179 Å². The molecule has 0 spiro atoms. The summed E-state index contributed by atoms with van der Waals surface area (Å²) in [5.74, 6) is -15.2. The number of carbonyl (C=O) groups excluding carboxylic acids is 12. The Morgan fingerprint density at radius 2 is 0.870 bits per heavy atom. The predicted molar refractivity (Wildman–Crippen MR) is 365 cm³/mol. The summed E-state index contributed by atoms with van der Waals surface area (Å²) in [5.41, 5.74) is 31.1. The minimum Gasteiger partial charge on any atom is -0.481 e. The lowest BCUT2D eigenvalue weighted by atomic mass is 9.96. The van der Waals surface area contributed by atoms with Crippen LogP contribution in [0.25, 0.3) is 10.9 Å². The molecule has 0 aliphatic heterocycles. The molecule has 554 valence electrons. The Kier molecular flexibility index (Phi) is 36.3. The molecular formula is C65H102N18O17. The smallest absolute Gasteiger partial charge is 0.325 e. The molecule has 2 aromatic carbocycles.